The molecule has 0 fully saturated rings. The predicted molar refractivity (Wildman–Crippen MR) is 88.0 cm³/mol. The van der Waals surface area contributed by atoms with Crippen LogP contribution in [-0.2, 0) is 12.8 Å². The Morgan fingerprint density at radius 3 is 1.19 bits per heavy atom. The first-order valence-electron chi connectivity index (χ1n) is 8.18. The van der Waals surface area contributed by atoms with Crippen molar-refractivity contribution in [1.29, 1.82) is 0 Å². The van der Waals surface area contributed by atoms with Crippen molar-refractivity contribution in [3.63, 3.8) is 0 Å². The van der Waals surface area contributed by atoms with Gasteiger partial charge >= 0.3 is 12.4 Å². The van der Waals surface area contributed by atoms with Crippen molar-refractivity contribution in [1.82, 2.24) is 0 Å². The molecule has 0 aliphatic heterocycles. The lowest BCUT2D eigenvalue weighted by molar-refractivity contribution is -0.128. The van der Waals surface area contributed by atoms with Gasteiger partial charge in [0, 0.05) is 6.42 Å². The average molecular weight is 392 g/mol. The van der Waals surface area contributed by atoms with Crippen molar-refractivity contribution in [2.24, 2.45) is 0 Å². The van der Waals surface area contributed by atoms with E-state index in [9.17, 15) is 26.3 Å². The molecule has 0 amide bonds. The lowest BCUT2D eigenvalue weighted by Gasteiger charge is -2.10. The molecule has 0 spiro atoms. The lowest BCUT2D eigenvalue weighted by Crippen LogP contribution is -2.11. The second-order valence-corrected chi connectivity index (χ2v) is 5.92. The molecule has 2 aromatic carbocycles. The zero-order chi connectivity index (χ0) is 19.9. The van der Waals surface area contributed by atoms with E-state index in [2.05, 4.69) is 0 Å². The van der Waals surface area contributed by atoms with Crippen LogP contribution in [0.4, 0.5) is 26.3 Å². The molecule has 2 nitrogen and oxygen atoms in total. The number of rotatable bonds is 8. The summed E-state index contributed by atoms with van der Waals surface area (Å²) in [7, 11) is 0. The minimum atomic E-state index is -4.25. The van der Waals surface area contributed by atoms with Crippen molar-refractivity contribution in [3.8, 4) is 11.5 Å². The maximum absolute atomic E-state index is 12.3. The standard InChI is InChI=1S/C19H18F6O2/c20-18(21,22)12-14-2-6-16(7-3-14)26-10-1-11-27-17-8-4-15(5-9-17)13-19(23,24)25/h2-9H,1,10-13H2. The van der Waals surface area contributed by atoms with E-state index in [1.165, 1.54) is 48.5 Å². The van der Waals surface area contributed by atoms with E-state index in [1.54, 1.807) is 0 Å². The Morgan fingerprint density at radius 1 is 0.556 bits per heavy atom. The van der Waals surface area contributed by atoms with Gasteiger partial charge in [0.15, 0.2) is 0 Å². The summed E-state index contributed by atoms with van der Waals surface area (Å²) < 4.78 is 84.4. The summed E-state index contributed by atoms with van der Waals surface area (Å²) in [6.45, 7) is 0.593. The van der Waals surface area contributed by atoms with Gasteiger partial charge in [-0.3, -0.25) is 0 Å². The van der Waals surface area contributed by atoms with Crippen molar-refractivity contribution in [2.45, 2.75) is 31.6 Å². The van der Waals surface area contributed by atoms with Crippen molar-refractivity contribution in [2.75, 3.05) is 13.2 Å². The summed E-state index contributed by atoms with van der Waals surface area (Å²) in [5, 5.41) is 0. The minimum absolute atomic E-state index is 0.159. The van der Waals surface area contributed by atoms with E-state index in [0.717, 1.165) is 0 Å². The molecule has 0 radical (unpaired) electrons. The average Bonchev–Trinajstić information content (AvgIpc) is 2.55. The molecule has 0 saturated heterocycles. The Hall–Kier alpha value is -2.38. The minimum Gasteiger partial charge on any atom is -0.493 e. The zero-order valence-electron chi connectivity index (χ0n) is 14.2. The van der Waals surface area contributed by atoms with Crippen molar-refractivity contribution < 1.29 is 35.8 Å². The Labute approximate surface area is 152 Å². The van der Waals surface area contributed by atoms with Crippen LogP contribution >= 0.6 is 0 Å². The maximum Gasteiger partial charge on any atom is 0.393 e. The molecule has 0 atom stereocenters. The summed E-state index contributed by atoms with van der Waals surface area (Å²) >= 11 is 0. The van der Waals surface area contributed by atoms with Gasteiger partial charge in [0.05, 0.1) is 26.1 Å². The van der Waals surface area contributed by atoms with Crippen LogP contribution in [-0.4, -0.2) is 25.6 Å². The molecule has 27 heavy (non-hydrogen) atoms. The molecular weight excluding hydrogens is 374 g/mol. The molecule has 0 heterocycles. The molecule has 0 aliphatic carbocycles. The van der Waals surface area contributed by atoms with E-state index in [4.69, 9.17) is 9.47 Å². The molecule has 0 bridgehead atoms. The van der Waals surface area contributed by atoms with Gasteiger partial charge in [0.25, 0.3) is 0 Å². The van der Waals surface area contributed by atoms with Gasteiger partial charge in [-0.15, -0.1) is 0 Å². The van der Waals surface area contributed by atoms with Crippen LogP contribution in [0, 0.1) is 0 Å². The molecule has 2 aromatic rings. The fourth-order valence-corrected chi connectivity index (χ4v) is 2.31. The molecule has 0 unspecified atom stereocenters. The monoisotopic (exact) mass is 392 g/mol. The fraction of sp³-hybridized carbons (Fsp3) is 0.368. The number of hydrogen-bond donors (Lipinski definition) is 0. The molecule has 0 saturated carbocycles. The number of alkyl halides is 6. The van der Waals surface area contributed by atoms with Crippen LogP contribution in [0.25, 0.3) is 0 Å². The second-order valence-electron chi connectivity index (χ2n) is 5.92. The van der Waals surface area contributed by atoms with Crippen molar-refractivity contribution in [3.05, 3.63) is 59.7 Å². The second kappa shape index (κ2) is 9.01. The summed E-state index contributed by atoms with van der Waals surface area (Å²) in [6.07, 6.45) is -9.95. The van der Waals surface area contributed by atoms with Crippen LogP contribution in [0.2, 0.25) is 0 Å². The van der Waals surface area contributed by atoms with Crippen LogP contribution in [0.3, 0.4) is 0 Å². The first kappa shape index (κ1) is 20.9. The lowest BCUT2D eigenvalue weighted by atomic mass is 10.1. The van der Waals surface area contributed by atoms with Gasteiger partial charge in [-0.1, -0.05) is 24.3 Å². The first-order chi connectivity index (χ1) is 12.6. The molecule has 0 aliphatic rings. The summed E-state index contributed by atoms with van der Waals surface area (Å²) in [5.41, 5.74) is 0.319. The summed E-state index contributed by atoms with van der Waals surface area (Å²) in [4.78, 5) is 0. The molecule has 2 rings (SSSR count). The van der Waals surface area contributed by atoms with Gasteiger partial charge in [-0.2, -0.15) is 26.3 Å². The normalized spacial score (nSPS) is 12.1. The van der Waals surface area contributed by atoms with Gasteiger partial charge in [-0.25, -0.2) is 0 Å². The van der Waals surface area contributed by atoms with Gasteiger partial charge < -0.3 is 9.47 Å². The molecular formula is C19H18F6O2. The third-order valence-electron chi connectivity index (χ3n) is 3.48. The third kappa shape index (κ3) is 8.70. The van der Waals surface area contributed by atoms with Crippen molar-refractivity contribution >= 4 is 0 Å². The van der Waals surface area contributed by atoms with E-state index in [-0.39, 0.29) is 11.1 Å². The van der Waals surface area contributed by atoms with E-state index in [0.29, 0.717) is 31.1 Å². The van der Waals surface area contributed by atoms with Crippen LogP contribution in [0.5, 0.6) is 11.5 Å². The number of hydrogen-bond acceptors (Lipinski definition) is 2. The summed E-state index contributed by atoms with van der Waals surface area (Å²) in [6, 6.07) is 11.3. The zero-order valence-corrected chi connectivity index (χ0v) is 14.2. The van der Waals surface area contributed by atoms with Gasteiger partial charge in [0.1, 0.15) is 11.5 Å². The SMILES string of the molecule is FC(F)(F)Cc1ccc(OCCCOc2ccc(CC(F)(F)F)cc2)cc1. The molecule has 0 aromatic heterocycles. The van der Waals surface area contributed by atoms with E-state index in [1.807, 2.05) is 0 Å². The Morgan fingerprint density at radius 2 is 0.889 bits per heavy atom. The quantitative estimate of drug-likeness (QED) is 0.421. The highest BCUT2D eigenvalue weighted by Crippen LogP contribution is 2.24. The third-order valence-corrected chi connectivity index (χ3v) is 3.48. The topological polar surface area (TPSA) is 18.5 Å². The molecule has 8 heteroatoms. The summed E-state index contributed by atoms with van der Waals surface area (Å²) in [5.74, 6) is 0.912. The highest BCUT2D eigenvalue weighted by molar-refractivity contribution is 5.28. The smallest absolute Gasteiger partial charge is 0.393 e. The van der Waals surface area contributed by atoms with E-state index >= 15 is 0 Å². The predicted octanol–water partition coefficient (Wildman–Crippen LogP) is 5.74. The first-order valence-corrected chi connectivity index (χ1v) is 8.18. The van der Waals surface area contributed by atoms with Crippen LogP contribution in [0.15, 0.2) is 48.5 Å². The molecule has 148 valence electrons. The van der Waals surface area contributed by atoms with Crippen LogP contribution < -0.4 is 9.47 Å². The van der Waals surface area contributed by atoms with Crippen LogP contribution in [0.1, 0.15) is 17.5 Å². The molecule has 0 N–H and O–H groups in total. The van der Waals surface area contributed by atoms with Gasteiger partial charge in [0.2, 0.25) is 0 Å². The largest absolute Gasteiger partial charge is 0.493 e. The number of ether oxygens (including phenoxy) is 2. The number of benzene rings is 2. The fourth-order valence-electron chi connectivity index (χ4n) is 2.31. The maximum atomic E-state index is 12.3. The highest BCUT2D eigenvalue weighted by atomic mass is 19.4. The van der Waals surface area contributed by atoms with Gasteiger partial charge in [-0.05, 0) is 35.4 Å². The Kier molecular flexibility index (Phi) is 6.98. The van der Waals surface area contributed by atoms with E-state index < -0.39 is 25.2 Å². The highest BCUT2D eigenvalue weighted by Gasteiger charge is 2.28. The Bertz CT molecular complexity index is 629. The Balaban J connectivity index is 1.67. The number of halogens is 6.